The topological polar surface area (TPSA) is 104 Å². The third-order valence-electron chi connectivity index (χ3n) is 2.76. The summed E-state index contributed by atoms with van der Waals surface area (Å²) in [6, 6.07) is 7.73. The van der Waals surface area contributed by atoms with E-state index in [1.54, 1.807) is 6.26 Å². The predicted octanol–water partition coefficient (Wildman–Crippen LogP) is 1.43. The Morgan fingerprint density at radius 2 is 1.90 bits per heavy atom. The van der Waals surface area contributed by atoms with E-state index in [4.69, 9.17) is 5.26 Å². The number of H-pyrrole nitrogens is 1. The zero-order valence-electron chi connectivity index (χ0n) is 11.2. The summed E-state index contributed by atoms with van der Waals surface area (Å²) in [5.74, 6) is 0. The maximum absolute atomic E-state index is 11.8. The summed E-state index contributed by atoms with van der Waals surface area (Å²) < 4.78 is 22.9. The Kier molecular flexibility index (Phi) is 4.16. The molecule has 2 aromatic rings. The zero-order chi connectivity index (χ0) is 15.6. The van der Waals surface area contributed by atoms with Gasteiger partial charge in [0, 0.05) is 11.8 Å². The third kappa shape index (κ3) is 3.15. The molecule has 1 N–H and O–H groups in total. The lowest BCUT2D eigenvalue weighted by atomic mass is 10.1. The van der Waals surface area contributed by atoms with Crippen molar-refractivity contribution in [2.24, 2.45) is 0 Å². The van der Waals surface area contributed by atoms with Crippen molar-refractivity contribution in [3.05, 3.63) is 40.2 Å². The summed E-state index contributed by atoms with van der Waals surface area (Å²) in [5, 5.41) is 9.49. The van der Waals surface area contributed by atoms with Crippen LogP contribution in [0.1, 0.15) is 5.56 Å². The number of aromatic nitrogens is 2. The average Bonchev–Trinajstić information content (AvgIpc) is 2.45. The number of sulfone groups is 1. The number of aromatic amines is 1. The molecule has 108 valence electrons. The summed E-state index contributed by atoms with van der Waals surface area (Å²) in [6.45, 7) is 0. The Hall–Kier alpha value is -2.11. The number of nitrogens with zero attached hydrogens (tertiary/aromatic N) is 2. The van der Waals surface area contributed by atoms with E-state index in [1.807, 2.05) is 6.07 Å². The van der Waals surface area contributed by atoms with Crippen LogP contribution in [0.4, 0.5) is 0 Å². The Morgan fingerprint density at radius 3 is 2.38 bits per heavy atom. The summed E-state index contributed by atoms with van der Waals surface area (Å²) in [7, 11) is -3.30. The third-order valence-corrected chi connectivity index (χ3v) is 4.47. The number of benzene rings is 1. The van der Waals surface area contributed by atoms with Crippen LogP contribution in [0.2, 0.25) is 0 Å². The van der Waals surface area contributed by atoms with Crippen molar-refractivity contribution in [3.63, 3.8) is 0 Å². The highest BCUT2D eigenvalue weighted by Gasteiger charge is 2.14. The molecule has 6 nitrogen and oxygen atoms in total. The van der Waals surface area contributed by atoms with Crippen LogP contribution < -0.4 is 5.56 Å². The monoisotopic (exact) mass is 321 g/mol. The molecule has 0 aliphatic rings. The molecule has 0 fully saturated rings. The first-order valence-electron chi connectivity index (χ1n) is 5.75. The van der Waals surface area contributed by atoms with Crippen LogP contribution in [-0.2, 0) is 9.84 Å². The molecule has 0 atom stereocenters. The van der Waals surface area contributed by atoms with Crippen LogP contribution in [0.25, 0.3) is 11.3 Å². The van der Waals surface area contributed by atoms with Gasteiger partial charge in [-0.05, 0) is 18.4 Å². The van der Waals surface area contributed by atoms with E-state index in [1.165, 1.54) is 36.0 Å². The first-order chi connectivity index (χ1) is 9.86. The molecule has 0 aliphatic carbocycles. The standard InChI is InChI=1S/C13H11N3O3S2/c1-20-13-15-11(10(7-14)12(17)16-13)8-3-5-9(6-4-8)21(2,18)19/h3-6H,1-2H3,(H,15,16,17). The molecule has 0 saturated heterocycles. The number of nitriles is 1. The second-order valence-corrected chi connectivity index (χ2v) is 7.02. The molecule has 0 unspecified atom stereocenters. The summed E-state index contributed by atoms with van der Waals surface area (Å²) in [5.41, 5.74) is 0.143. The molecule has 0 amide bonds. The van der Waals surface area contributed by atoms with Crippen LogP contribution in [-0.4, -0.2) is 30.9 Å². The molecule has 0 saturated carbocycles. The Morgan fingerprint density at radius 1 is 1.29 bits per heavy atom. The van der Waals surface area contributed by atoms with Crippen molar-refractivity contribution in [2.45, 2.75) is 10.1 Å². The Balaban J connectivity index is 2.64. The number of hydrogen-bond acceptors (Lipinski definition) is 6. The molecule has 8 heteroatoms. The molecule has 0 bridgehead atoms. The SMILES string of the molecule is CSc1nc(-c2ccc(S(C)(=O)=O)cc2)c(C#N)c(=O)[nH]1. The van der Waals surface area contributed by atoms with Crippen molar-refractivity contribution >= 4 is 21.6 Å². The second-order valence-electron chi connectivity index (χ2n) is 4.21. The molecular weight excluding hydrogens is 310 g/mol. The fourth-order valence-corrected chi connectivity index (χ4v) is 2.73. The summed E-state index contributed by atoms with van der Waals surface area (Å²) in [6.07, 6.45) is 2.86. The number of nitrogens with one attached hydrogen (secondary N) is 1. The minimum absolute atomic E-state index is 0.0973. The quantitative estimate of drug-likeness (QED) is 0.677. The van der Waals surface area contributed by atoms with Gasteiger partial charge in [0.15, 0.2) is 15.0 Å². The zero-order valence-corrected chi connectivity index (χ0v) is 12.9. The van der Waals surface area contributed by atoms with Crippen molar-refractivity contribution in [3.8, 4) is 17.3 Å². The van der Waals surface area contributed by atoms with E-state index in [0.29, 0.717) is 10.7 Å². The van der Waals surface area contributed by atoms with E-state index in [-0.39, 0.29) is 16.2 Å². The molecule has 1 aromatic heterocycles. The number of thioether (sulfide) groups is 1. The molecule has 0 spiro atoms. The molecule has 0 radical (unpaired) electrons. The van der Waals surface area contributed by atoms with Crippen molar-refractivity contribution < 1.29 is 8.42 Å². The fraction of sp³-hybridized carbons (Fsp3) is 0.154. The molecule has 2 rings (SSSR count). The minimum atomic E-state index is -3.30. The minimum Gasteiger partial charge on any atom is -0.300 e. The Bertz CT molecular complexity index is 878. The van der Waals surface area contributed by atoms with Gasteiger partial charge in [0.2, 0.25) is 0 Å². The van der Waals surface area contributed by atoms with Gasteiger partial charge in [-0.25, -0.2) is 13.4 Å². The number of hydrogen-bond donors (Lipinski definition) is 1. The number of rotatable bonds is 3. The van der Waals surface area contributed by atoms with Gasteiger partial charge in [-0.1, -0.05) is 23.9 Å². The van der Waals surface area contributed by atoms with E-state index in [0.717, 1.165) is 6.26 Å². The first kappa shape index (κ1) is 15.3. The molecule has 21 heavy (non-hydrogen) atoms. The van der Waals surface area contributed by atoms with Crippen LogP contribution in [0, 0.1) is 11.3 Å². The van der Waals surface area contributed by atoms with E-state index >= 15 is 0 Å². The van der Waals surface area contributed by atoms with Crippen molar-refractivity contribution in [1.29, 1.82) is 5.26 Å². The lowest BCUT2D eigenvalue weighted by Crippen LogP contribution is -2.14. The van der Waals surface area contributed by atoms with E-state index in [9.17, 15) is 13.2 Å². The lowest BCUT2D eigenvalue weighted by molar-refractivity contribution is 0.602. The first-order valence-corrected chi connectivity index (χ1v) is 8.87. The predicted molar refractivity (Wildman–Crippen MR) is 79.9 cm³/mol. The van der Waals surface area contributed by atoms with Gasteiger partial charge in [0.25, 0.3) is 5.56 Å². The molecular formula is C13H11N3O3S2. The molecule has 1 heterocycles. The van der Waals surface area contributed by atoms with Gasteiger partial charge in [-0.15, -0.1) is 0 Å². The highest BCUT2D eigenvalue weighted by atomic mass is 32.2. The average molecular weight is 321 g/mol. The second kappa shape index (κ2) is 5.71. The summed E-state index contributed by atoms with van der Waals surface area (Å²) in [4.78, 5) is 18.7. The molecule has 1 aromatic carbocycles. The van der Waals surface area contributed by atoms with Gasteiger partial charge < -0.3 is 4.98 Å². The normalized spacial score (nSPS) is 11.1. The summed E-state index contributed by atoms with van der Waals surface area (Å²) >= 11 is 1.25. The lowest BCUT2D eigenvalue weighted by Gasteiger charge is -2.06. The van der Waals surface area contributed by atoms with Crippen molar-refractivity contribution in [1.82, 2.24) is 9.97 Å². The largest absolute Gasteiger partial charge is 0.300 e. The Labute approximate surface area is 125 Å². The van der Waals surface area contributed by atoms with E-state index < -0.39 is 15.4 Å². The van der Waals surface area contributed by atoms with Crippen LogP contribution in [0.15, 0.2) is 39.1 Å². The smallest absolute Gasteiger partial charge is 0.270 e. The van der Waals surface area contributed by atoms with Gasteiger partial charge >= 0.3 is 0 Å². The fourth-order valence-electron chi connectivity index (χ4n) is 1.72. The maximum Gasteiger partial charge on any atom is 0.270 e. The van der Waals surface area contributed by atoms with Gasteiger partial charge in [-0.2, -0.15) is 5.26 Å². The van der Waals surface area contributed by atoms with Gasteiger partial charge in [0.05, 0.1) is 10.6 Å². The van der Waals surface area contributed by atoms with Gasteiger partial charge in [0.1, 0.15) is 11.6 Å². The highest BCUT2D eigenvalue weighted by Crippen LogP contribution is 2.22. The van der Waals surface area contributed by atoms with Crippen LogP contribution >= 0.6 is 11.8 Å². The van der Waals surface area contributed by atoms with Crippen LogP contribution in [0.5, 0.6) is 0 Å². The van der Waals surface area contributed by atoms with E-state index in [2.05, 4.69) is 9.97 Å². The van der Waals surface area contributed by atoms with Gasteiger partial charge in [-0.3, -0.25) is 4.79 Å². The van der Waals surface area contributed by atoms with Crippen molar-refractivity contribution in [2.75, 3.05) is 12.5 Å². The molecule has 0 aliphatic heterocycles. The highest BCUT2D eigenvalue weighted by molar-refractivity contribution is 7.98. The maximum atomic E-state index is 11.8. The van der Waals surface area contributed by atoms with Crippen LogP contribution in [0.3, 0.4) is 0 Å².